The zero-order valence-corrected chi connectivity index (χ0v) is 12.4. The molecule has 0 bridgehead atoms. The monoisotopic (exact) mass is 303 g/mol. The van der Waals surface area contributed by atoms with Gasteiger partial charge in [0.2, 0.25) is 5.91 Å². The van der Waals surface area contributed by atoms with Gasteiger partial charge in [-0.1, -0.05) is 0 Å². The number of halogens is 1. The Morgan fingerprint density at radius 3 is 2.78 bits per heavy atom. The smallest absolute Gasteiger partial charge is 0.242 e. The molecule has 98 valence electrons. The molecule has 7 heteroatoms. The summed E-state index contributed by atoms with van der Waals surface area (Å²) in [5, 5.41) is 5.21. The molecule has 0 aliphatic rings. The number of carbonyl (C=O) groups excluding carboxylic acids is 1. The van der Waals surface area contributed by atoms with Crippen LogP contribution in [0.25, 0.3) is 10.6 Å². The van der Waals surface area contributed by atoms with E-state index in [1.54, 1.807) is 18.3 Å². The number of carbonyl (C=O) groups is 1. The van der Waals surface area contributed by atoms with Crippen LogP contribution >= 0.6 is 35.1 Å². The fourth-order valence-electron chi connectivity index (χ4n) is 1.24. The maximum atomic E-state index is 11.4. The molecule has 18 heavy (non-hydrogen) atoms. The topological polar surface area (TPSA) is 68.0 Å². The van der Waals surface area contributed by atoms with Crippen LogP contribution in [0.1, 0.15) is 11.8 Å². The van der Waals surface area contributed by atoms with Crippen LogP contribution in [0.2, 0.25) is 0 Å². The molecular formula is C11H14ClN3OS2. The molecule has 0 spiro atoms. The van der Waals surface area contributed by atoms with Crippen LogP contribution in [0.3, 0.4) is 0 Å². The average molecular weight is 304 g/mol. The van der Waals surface area contributed by atoms with Crippen molar-refractivity contribution < 1.29 is 4.79 Å². The Morgan fingerprint density at radius 1 is 1.50 bits per heavy atom. The lowest BCUT2D eigenvalue weighted by molar-refractivity contribution is -0.117. The molecule has 0 aromatic carbocycles. The van der Waals surface area contributed by atoms with E-state index in [-0.39, 0.29) is 18.3 Å². The molecule has 0 aliphatic carbocycles. The number of nitrogens with zero attached hydrogens (tertiary/aromatic N) is 1. The van der Waals surface area contributed by atoms with Crippen molar-refractivity contribution in [3.05, 3.63) is 22.4 Å². The van der Waals surface area contributed by atoms with Crippen molar-refractivity contribution >= 4 is 46.1 Å². The number of anilines is 1. The van der Waals surface area contributed by atoms with Gasteiger partial charge < -0.3 is 11.1 Å². The van der Waals surface area contributed by atoms with Gasteiger partial charge in [-0.15, -0.1) is 35.1 Å². The highest BCUT2D eigenvalue weighted by Crippen LogP contribution is 2.30. The third kappa shape index (κ3) is 3.52. The number of amides is 1. The minimum Gasteiger partial charge on any atom is -0.320 e. The molecule has 0 fully saturated rings. The van der Waals surface area contributed by atoms with E-state index in [2.05, 4.69) is 23.3 Å². The first-order valence-electron chi connectivity index (χ1n) is 5.15. The van der Waals surface area contributed by atoms with Crippen molar-refractivity contribution in [1.82, 2.24) is 4.98 Å². The number of aryl methyl sites for hydroxylation is 1. The largest absolute Gasteiger partial charge is 0.320 e. The predicted octanol–water partition coefficient (Wildman–Crippen LogP) is 2.89. The summed E-state index contributed by atoms with van der Waals surface area (Å²) < 4.78 is 0. The summed E-state index contributed by atoms with van der Waals surface area (Å²) in [6.45, 7) is 3.70. The van der Waals surface area contributed by atoms with E-state index >= 15 is 0 Å². The van der Waals surface area contributed by atoms with Crippen LogP contribution in [-0.2, 0) is 4.79 Å². The second-order valence-corrected chi connectivity index (χ2v) is 5.87. The van der Waals surface area contributed by atoms with Crippen LogP contribution < -0.4 is 11.1 Å². The number of aromatic nitrogens is 1. The maximum absolute atomic E-state index is 11.4. The number of nitrogens with two attached hydrogens (primary N) is 1. The molecule has 2 aromatic heterocycles. The lowest BCUT2D eigenvalue weighted by atomic mass is 10.3. The lowest BCUT2D eigenvalue weighted by Crippen LogP contribution is -2.32. The van der Waals surface area contributed by atoms with E-state index in [0.717, 1.165) is 10.6 Å². The number of hydrogen-bond donors (Lipinski definition) is 2. The van der Waals surface area contributed by atoms with Crippen LogP contribution in [0.4, 0.5) is 5.13 Å². The van der Waals surface area contributed by atoms with E-state index < -0.39 is 6.04 Å². The van der Waals surface area contributed by atoms with Gasteiger partial charge in [-0.3, -0.25) is 4.79 Å². The number of nitrogens with one attached hydrogen (secondary N) is 1. The first-order chi connectivity index (χ1) is 8.06. The third-order valence-corrected chi connectivity index (χ3v) is 3.92. The summed E-state index contributed by atoms with van der Waals surface area (Å²) in [4.78, 5) is 18.1. The minimum atomic E-state index is -0.522. The molecule has 1 amide bonds. The normalized spacial score (nSPS) is 11.7. The number of rotatable bonds is 3. The molecule has 4 nitrogen and oxygen atoms in total. The predicted molar refractivity (Wildman–Crippen MR) is 79.7 cm³/mol. The van der Waals surface area contributed by atoms with Crippen LogP contribution in [0.5, 0.6) is 0 Å². The molecule has 2 aromatic rings. The second kappa shape index (κ2) is 6.29. The summed E-state index contributed by atoms with van der Waals surface area (Å²) in [6, 6.07) is 3.57. The third-order valence-electron chi connectivity index (χ3n) is 2.14. The molecule has 2 rings (SSSR count). The SMILES string of the molecule is Cc1ccc(-c2csc(NC(=O)[C@@H](C)N)n2)s1.Cl. The zero-order valence-electron chi connectivity index (χ0n) is 9.97. The summed E-state index contributed by atoms with van der Waals surface area (Å²) in [7, 11) is 0. The Hall–Kier alpha value is -0.950. The first kappa shape index (κ1) is 15.1. The molecule has 2 heterocycles. The van der Waals surface area contributed by atoms with Gasteiger partial charge >= 0.3 is 0 Å². The maximum Gasteiger partial charge on any atom is 0.242 e. The first-order valence-corrected chi connectivity index (χ1v) is 6.84. The van der Waals surface area contributed by atoms with Crippen LogP contribution in [-0.4, -0.2) is 16.9 Å². The van der Waals surface area contributed by atoms with Gasteiger partial charge in [0, 0.05) is 10.3 Å². The quantitative estimate of drug-likeness (QED) is 0.916. The molecule has 3 N–H and O–H groups in total. The van der Waals surface area contributed by atoms with Gasteiger partial charge in [-0.2, -0.15) is 0 Å². The van der Waals surface area contributed by atoms with E-state index in [9.17, 15) is 4.79 Å². The molecule has 0 radical (unpaired) electrons. The highest BCUT2D eigenvalue weighted by Gasteiger charge is 2.11. The Balaban J connectivity index is 0.00000162. The Kier molecular flexibility index (Phi) is 5.28. The van der Waals surface area contributed by atoms with Crippen LogP contribution in [0, 0.1) is 6.92 Å². The van der Waals surface area contributed by atoms with Crippen molar-refractivity contribution in [2.75, 3.05) is 5.32 Å². The molecule has 1 atom stereocenters. The Morgan fingerprint density at radius 2 is 2.22 bits per heavy atom. The highest BCUT2D eigenvalue weighted by atomic mass is 35.5. The highest BCUT2D eigenvalue weighted by molar-refractivity contribution is 7.17. The average Bonchev–Trinajstić information content (AvgIpc) is 2.86. The molecule has 0 aliphatic heterocycles. The fourth-order valence-corrected chi connectivity index (χ4v) is 2.85. The molecule has 0 saturated carbocycles. The second-order valence-electron chi connectivity index (χ2n) is 3.73. The standard InChI is InChI=1S/C11H13N3OS2.ClH/c1-6-3-4-9(17-6)8-5-16-11(13-8)14-10(15)7(2)12;/h3-5,7H,12H2,1-2H3,(H,13,14,15);1H/t7-;/m1./s1. The number of thiophene rings is 1. The van der Waals surface area contributed by atoms with E-state index in [0.29, 0.717) is 5.13 Å². The van der Waals surface area contributed by atoms with Crippen molar-refractivity contribution in [3.8, 4) is 10.6 Å². The lowest BCUT2D eigenvalue weighted by Gasteiger charge is -2.03. The van der Waals surface area contributed by atoms with Crippen molar-refractivity contribution in [2.45, 2.75) is 19.9 Å². The fraction of sp³-hybridized carbons (Fsp3) is 0.273. The van der Waals surface area contributed by atoms with Crippen molar-refractivity contribution in [2.24, 2.45) is 5.73 Å². The summed E-state index contributed by atoms with van der Waals surface area (Å²) in [5.74, 6) is -0.215. The zero-order chi connectivity index (χ0) is 12.4. The van der Waals surface area contributed by atoms with Gasteiger partial charge in [0.05, 0.1) is 16.6 Å². The molecular weight excluding hydrogens is 290 g/mol. The minimum absolute atomic E-state index is 0. The van der Waals surface area contributed by atoms with Gasteiger partial charge in [-0.05, 0) is 26.0 Å². The van der Waals surface area contributed by atoms with Gasteiger partial charge in [0.15, 0.2) is 5.13 Å². The summed E-state index contributed by atoms with van der Waals surface area (Å²) in [5.41, 5.74) is 6.37. The van der Waals surface area contributed by atoms with Gasteiger partial charge in [0.25, 0.3) is 0 Å². The van der Waals surface area contributed by atoms with Gasteiger partial charge in [0.1, 0.15) is 0 Å². The molecule has 0 unspecified atom stereocenters. The number of thiazole rings is 1. The van der Waals surface area contributed by atoms with Crippen LogP contribution in [0.15, 0.2) is 17.5 Å². The number of hydrogen-bond acceptors (Lipinski definition) is 5. The van der Waals surface area contributed by atoms with E-state index in [1.165, 1.54) is 16.2 Å². The van der Waals surface area contributed by atoms with E-state index in [4.69, 9.17) is 5.73 Å². The molecule has 0 saturated heterocycles. The Bertz CT molecular complexity index is 536. The summed E-state index contributed by atoms with van der Waals surface area (Å²) >= 11 is 3.09. The van der Waals surface area contributed by atoms with Gasteiger partial charge in [-0.25, -0.2) is 4.98 Å². The summed E-state index contributed by atoms with van der Waals surface area (Å²) in [6.07, 6.45) is 0. The van der Waals surface area contributed by atoms with Crippen molar-refractivity contribution in [3.63, 3.8) is 0 Å². The van der Waals surface area contributed by atoms with E-state index in [1.807, 2.05) is 11.4 Å². The Labute approximate surface area is 120 Å². The van der Waals surface area contributed by atoms with Crippen molar-refractivity contribution in [1.29, 1.82) is 0 Å².